The molecular formula is C14H19Cl2N3O2. The van der Waals surface area contributed by atoms with Crippen LogP contribution in [0.25, 0.3) is 0 Å². The van der Waals surface area contributed by atoms with Crippen molar-refractivity contribution in [2.75, 3.05) is 18.0 Å². The summed E-state index contributed by atoms with van der Waals surface area (Å²) < 4.78 is 0. The molecule has 1 aliphatic rings. The van der Waals surface area contributed by atoms with Crippen LogP contribution in [-0.4, -0.2) is 30.1 Å². The SMILES string of the molecule is CCC1CN(c2c(Cl)cc([N+](=O)[O-])cc2Cl)C(CC)CN1. The molecule has 7 heteroatoms. The Morgan fingerprint density at radius 1 is 1.33 bits per heavy atom. The van der Waals surface area contributed by atoms with E-state index in [1.165, 1.54) is 12.1 Å². The highest BCUT2D eigenvalue weighted by Gasteiger charge is 2.29. The zero-order valence-electron chi connectivity index (χ0n) is 12.1. The summed E-state index contributed by atoms with van der Waals surface area (Å²) in [5.74, 6) is 0. The van der Waals surface area contributed by atoms with Gasteiger partial charge in [-0.1, -0.05) is 37.0 Å². The molecule has 0 aliphatic carbocycles. The van der Waals surface area contributed by atoms with Crippen molar-refractivity contribution in [1.82, 2.24) is 5.32 Å². The molecule has 1 fully saturated rings. The van der Waals surface area contributed by atoms with Crippen molar-refractivity contribution in [3.05, 3.63) is 32.3 Å². The Morgan fingerprint density at radius 2 is 1.95 bits per heavy atom. The maximum atomic E-state index is 10.9. The molecule has 0 spiro atoms. The van der Waals surface area contributed by atoms with Crippen LogP contribution in [0.2, 0.25) is 10.0 Å². The van der Waals surface area contributed by atoms with Gasteiger partial charge in [-0.3, -0.25) is 10.1 Å². The Bertz CT molecular complexity index is 516. The zero-order chi connectivity index (χ0) is 15.6. The minimum atomic E-state index is -0.481. The number of nitro groups is 1. The molecule has 1 N–H and O–H groups in total. The predicted molar refractivity (Wildman–Crippen MR) is 86.6 cm³/mol. The minimum absolute atomic E-state index is 0.0797. The number of anilines is 1. The number of halogens is 2. The van der Waals surface area contributed by atoms with Crippen LogP contribution >= 0.6 is 23.2 Å². The molecule has 0 radical (unpaired) electrons. The predicted octanol–water partition coefficient (Wildman–Crippen LogP) is 3.87. The Hall–Kier alpha value is -1.04. The number of benzene rings is 1. The standard InChI is InChI=1S/C14H19Cl2N3O2/c1-3-9-8-18(10(4-2)7-17-9)14-12(15)5-11(19(20)21)6-13(14)16/h5-6,9-10,17H,3-4,7-8H2,1-2H3. The van der Waals surface area contributed by atoms with Crippen LogP contribution in [0.3, 0.4) is 0 Å². The summed E-state index contributed by atoms with van der Waals surface area (Å²) in [6, 6.07) is 3.40. The van der Waals surface area contributed by atoms with Crippen molar-refractivity contribution in [2.45, 2.75) is 38.8 Å². The van der Waals surface area contributed by atoms with E-state index in [1.54, 1.807) is 0 Å². The van der Waals surface area contributed by atoms with Gasteiger partial charge in [-0.2, -0.15) is 0 Å². The van der Waals surface area contributed by atoms with E-state index in [0.29, 0.717) is 21.8 Å². The van der Waals surface area contributed by atoms with E-state index >= 15 is 0 Å². The molecule has 0 aromatic heterocycles. The van der Waals surface area contributed by atoms with Gasteiger partial charge in [0, 0.05) is 37.3 Å². The van der Waals surface area contributed by atoms with E-state index < -0.39 is 4.92 Å². The Balaban J connectivity index is 2.40. The van der Waals surface area contributed by atoms with Crippen molar-refractivity contribution in [3.8, 4) is 0 Å². The summed E-state index contributed by atoms with van der Waals surface area (Å²) in [5.41, 5.74) is 0.625. The van der Waals surface area contributed by atoms with Crippen LogP contribution in [0.15, 0.2) is 12.1 Å². The molecule has 1 aromatic rings. The molecule has 0 saturated carbocycles. The fourth-order valence-corrected chi connectivity index (χ4v) is 3.40. The monoisotopic (exact) mass is 331 g/mol. The highest BCUT2D eigenvalue weighted by atomic mass is 35.5. The molecule has 2 rings (SSSR count). The lowest BCUT2D eigenvalue weighted by atomic mass is 10.0. The van der Waals surface area contributed by atoms with Gasteiger partial charge in [0.25, 0.3) is 5.69 Å². The number of piperazine rings is 1. The second-order valence-electron chi connectivity index (χ2n) is 5.24. The Morgan fingerprint density at radius 3 is 2.43 bits per heavy atom. The Kier molecular flexibility index (Phi) is 5.30. The molecule has 0 bridgehead atoms. The van der Waals surface area contributed by atoms with Gasteiger partial charge in [0.15, 0.2) is 0 Å². The summed E-state index contributed by atoms with van der Waals surface area (Å²) in [6.07, 6.45) is 1.96. The molecule has 2 unspecified atom stereocenters. The van der Waals surface area contributed by atoms with Gasteiger partial charge in [-0.05, 0) is 12.8 Å². The molecule has 1 aromatic carbocycles. The first-order valence-electron chi connectivity index (χ1n) is 7.11. The second kappa shape index (κ2) is 6.81. The van der Waals surface area contributed by atoms with Gasteiger partial charge < -0.3 is 10.2 Å². The lowest BCUT2D eigenvalue weighted by molar-refractivity contribution is -0.384. The van der Waals surface area contributed by atoms with Crippen LogP contribution in [-0.2, 0) is 0 Å². The van der Waals surface area contributed by atoms with E-state index in [9.17, 15) is 10.1 Å². The van der Waals surface area contributed by atoms with Crippen LogP contribution in [0.5, 0.6) is 0 Å². The summed E-state index contributed by atoms with van der Waals surface area (Å²) >= 11 is 12.5. The molecule has 0 amide bonds. The van der Waals surface area contributed by atoms with Crippen molar-refractivity contribution in [1.29, 1.82) is 0 Å². The number of nitrogens with one attached hydrogen (secondary N) is 1. The maximum absolute atomic E-state index is 10.9. The summed E-state index contributed by atoms with van der Waals surface area (Å²) in [7, 11) is 0. The maximum Gasteiger partial charge on any atom is 0.272 e. The molecule has 1 aliphatic heterocycles. The van der Waals surface area contributed by atoms with E-state index in [4.69, 9.17) is 23.2 Å². The summed E-state index contributed by atoms with van der Waals surface area (Å²) in [6.45, 7) is 5.89. The van der Waals surface area contributed by atoms with Gasteiger partial charge in [-0.15, -0.1) is 0 Å². The quantitative estimate of drug-likeness (QED) is 0.672. The third-order valence-corrected chi connectivity index (χ3v) is 4.54. The average molecular weight is 332 g/mol. The smallest absolute Gasteiger partial charge is 0.272 e. The van der Waals surface area contributed by atoms with Gasteiger partial charge in [-0.25, -0.2) is 0 Å². The lowest BCUT2D eigenvalue weighted by Gasteiger charge is -2.42. The van der Waals surface area contributed by atoms with E-state index in [2.05, 4.69) is 24.1 Å². The van der Waals surface area contributed by atoms with Gasteiger partial charge >= 0.3 is 0 Å². The van der Waals surface area contributed by atoms with Crippen molar-refractivity contribution in [3.63, 3.8) is 0 Å². The van der Waals surface area contributed by atoms with Crippen LogP contribution in [0.4, 0.5) is 11.4 Å². The first kappa shape index (κ1) is 16.3. The van der Waals surface area contributed by atoms with Crippen LogP contribution in [0.1, 0.15) is 26.7 Å². The highest BCUT2D eigenvalue weighted by Crippen LogP contribution is 2.39. The molecule has 1 saturated heterocycles. The normalized spacial score (nSPS) is 22.4. The number of nitro benzene ring substituents is 1. The number of hydrogen-bond acceptors (Lipinski definition) is 4. The third kappa shape index (κ3) is 3.42. The number of non-ortho nitro benzene ring substituents is 1. The Labute approximate surface area is 134 Å². The average Bonchev–Trinajstić information content (AvgIpc) is 2.46. The van der Waals surface area contributed by atoms with E-state index in [-0.39, 0.29) is 11.7 Å². The molecule has 5 nitrogen and oxygen atoms in total. The highest BCUT2D eigenvalue weighted by molar-refractivity contribution is 6.39. The second-order valence-corrected chi connectivity index (χ2v) is 6.06. The van der Waals surface area contributed by atoms with Gasteiger partial charge in [0.05, 0.1) is 20.7 Å². The van der Waals surface area contributed by atoms with E-state index in [1.807, 2.05) is 0 Å². The van der Waals surface area contributed by atoms with Crippen LogP contribution < -0.4 is 10.2 Å². The summed E-state index contributed by atoms with van der Waals surface area (Å²) in [4.78, 5) is 12.6. The molecule has 2 atom stereocenters. The fraction of sp³-hybridized carbons (Fsp3) is 0.571. The topological polar surface area (TPSA) is 58.4 Å². The summed E-state index contributed by atoms with van der Waals surface area (Å²) in [5, 5.41) is 15.1. The third-order valence-electron chi connectivity index (χ3n) is 3.96. The minimum Gasteiger partial charge on any atom is -0.363 e. The van der Waals surface area contributed by atoms with Crippen LogP contribution in [0, 0.1) is 10.1 Å². The van der Waals surface area contributed by atoms with Crippen molar-refractivity contribution < 1.29 is 4.92 Å². The molecule has 116 valence electrons. The largest absolute Gasteiger partial charge is 0.363 e. The number of hydrogen-bond donors (Lipinski definition) is 1. The molecule has 1 heterocycles. The number of nitrogens with zero attached hydrogens (tertiary/aromatic N) is 2. The zero-order valence-corrected chi connectivity index (χ0v) is 13.6. The van der Waals surface area contributed by atoms with Gasteiger partial charge in [0.1, 0.15) is 0 Å². The fourth-order valence-electron chi connectivity index (χ4n) is 2.71. The molecule has 21 heavy (non-hydrogen) atoms. The first-order valence-corrected chi connectivity index (χ1v) is 7.86. The number of rotatable bonds is 4. The molecular weight excluding hydrogens is 313 g/mol. The van der Waals surface area contributed by atoms with Crippen molar-refractivity contribution in [2.24, 2.45) is 0 Å². The van der Waals surface area contributed by atoms with Crippen molar-refractivity contribution >= 4 is 34.6 Å². The van der Waals surface area contributed by atoms with E-state index in [0.717, 1.165) is 25.9 Å². The first-order chi connectivity index (χ1) is 9.97. The van der Waals surface area contributed by atoms with Gasteiger partial charge in [0.2, 0.25) is 0 Å². The lowest BCUT2D eigenvalue weighted by Crippen LogP contribution is -2.56.